The number of aryl methyl sites for hydroxylation is 1. The summed E-state index contributed by atoms with van der Waals surface area (Å²) in [6.07, 6.45) is 5.38. The zero-order valence-electron chi connectivity index (χ0n) is 8.93. The van der Waals surface area contributed by atoms with Crippen LogP contribution in [0.1, 0.15) is 18.9 Å². The number of hydrogen-bond acceptors (Lipinski definition) is 4. The lowest BCUT2D eigenvalue weighted by atomic mass is 10.2. The number of nitrogen functional groups attached to an aromatic ring is 1. The van der Waals surface area contributed by atoms with E-state index in [9.17, 15) is 4.79 Å². The molecule has 5 heteroatoms. The van der Waals surface area contributed by atoms with Crippen molar-refractivity contribution in [3.05, 3.63) is 17.8 Å². The van der Waals surface area contributed by atoms with Crippen molar-refractivity contribution in [2.75, 3.05) is 12.3 Å². The maximum Gasteiger partial charge on any atom is 0.309 e. The summed E-state index contributed by atoms with van der Waals surface area (Å²) in [6, 6.07) is 0. The number of anilines is 1. The summed E-state index contributed by atoms with van der Waals surface area (Å²) in [5, 5.41) is 3.97. The number of nitrogens with two attached hydrogens (primary N) is 1. The Morgan fingerprint density at radius 3 is 3.00 bits per heavy atom. The van der Waals surface area contributed by atoms with E-state index in [0.717, 1.165) is 5.56 Å². The fourth-order valence-electron chi connectivity index (χ4n) is 1.09. The molecule has 15 heavy (non-hydrogen) atoms. The zero-order valence-corrected chi connectivity index (χ0v) is 8.93. The number of carbonyl (C=O) groups excluding carboxylic acids is 1. The molecule has 1 rings (SSSR count). The molecule has 0 atom stereocenters. The van der Waals surface area contributed by atoms with Gasteiger partial charge in [0, 0.05) is 12.6 Å². The van der Waals surface area contributed by atoms with Crippen LogP contribution in [0.5, 0.6) is 0 Å². The standard InChI is InChI=1S/C10H15N3O2/c1-3-15-9(14)6-4-5-8-7-12-13(2)10(8)11/h4-5,7H,3,6,11H2,1-2H3. The third-order valence-electron chi connectivity index (χ3n) is 1.90. The molecule has 1 heterocycles. The monoisotopic (exact) mass is 209 g/mol. The van der Waals surface area contributed by atoms with Crippen LogP contribution in [0.15, 0.2) is 12.3 Å². The van der Waals surface area contributed by atoms with Crippen molar-refractivity contribution in [3.63, 3.8) is 0 Å². The largest absolute Gasteiger partial charge is 0.466 e. The summed E-state index contributed by atoms with van der Waals surface area (Å²) >= 11 is 0. The van der Waals surface area contributed by atoms with Gasteiger partial charge in [-0.3, -0.25) is 9.48 Å². The van der Waals surface area contributed by atoms with Crippen molar-refractivity contribution in [2.45, 2.75) is 13.3 Å². The second-order valence-electron chi connectivity index (χ2n) is 3.02. The van der Waals surface area contributed by atoms with Crippen LogP contribution in [0.2, 0.25) is 0 Å². The van der Waals surface area contributed by atoms with E-state index in [-0.39, 0.29) is 12.4 Å². The molecule has 2 N–H and O–H groups in total. The van der Waals surface area contributed by atoms with Gasteiger partial charge in [0.05, 0.1) is 19.2 Å². The van der Waals surface area contributed by atoms with E-state index in [1.807, 2.05) is 0 Å². The summed E-state index contributed by atoms with van der Waals surface area (Å²) in [4.78, 5) is 11.0. The van der Waals surface area contributed by atoms with Crippen molar-refractivity contribution >= 4 is 17.9 Å². The quantitative estimate of drug-likeness (QED) is 0.750. The molecule has 0 aliphatic heterocycles. The van der Waals surface area contributed by atoms with Crippen LogP contribution in [-0.4, -0.2) is 22.4 Å². The van der Waals surface area contributed by atoms with E-state index < -0.39 is 0 Å². The summed E-state index contributed by atoms with van der Waals surface area (Å²) < 4.78 is 6.35. The lowest BCUT2D eigenvalue weighted by molar-refractivity contribution is -0.142. The molecule has 1 aromatic heterocycles. The second kappa shape index (κ2) is 5.19. The van der Waals surface area contributed by atoms with Gasteiger partial charge < -0.3 is 10.5 Å². The van der Waals surface area contributed by atoms with Gasteiger partial charge in [-0.05, 0) is 6.92 Å². The van der Waals surface area contributed by atoms with Gasteiger partial charge in [0.1, 0.15) is 5.82 Å². The number of hydrogen-bond donors (Lipinski definition) is 1. The molecule has 0 unspecified atom stereocenters. The maximum absolute atomic E-state index is 11.0. The lowest BCUT2D eigenvalue weighted by Crippen LogP contribution is -2.01. The number of carbonyl (C=O) groups is 1. The Labute approximate surface area is 88.5 Å². The number of ether oxygens (including phenoxy) is 1. The normalized spacial score (nSPS) is 10.8. The highest BCUT2D eigenvalue weighted by Crippen LogP contribution is 2.11. The van der Waals surface area contributed by atoms with E-state index in [2.05, 4.69) is 5.10 Å². The SMILES string of the molecule is CCOC(=O)CC=Cc1cnn(C)c1N. The van der Waals surface area contributed by atoms with Crippen LogP contribution in [0.4, 0.5) is 5.82 Å². The van der Waals surface area contributed by atoms with Crippen molar-refractivity contribution < 1.29 is 9.53 Å². The zero-order chi connectivity index (χ0) is 11.3. The van der Waals surface area contributed by atoms with Crippen LogP contribution in [-0.2, 0) is 16.6 Å². The number of rotatable bonds is 4. The predicted octanol–water partition coefficient (Wildman–Crippen LogP) is 0.969. The van der Waals surface area contributed by atoms with E-state index in [0.29, 0.717) is 12.4 Å². The Hall–Kier alpha value is -1.78. The molecule has 0 aromatic carbocycles. The average molecular weight is 209 g/mol. The Morgan fingerprint density at radius 1 is 1.73 bits per heavy atom. The molecule has 0 bridgehead atoms. The summed E-state index contributed by atoms with van der Waals surface area (Å²) in [5.41, 5.74) is 6.52. The van der Waals surface area contributed by atoms with Crippen LogP contribution in [0, 0.1) is 0 Å². The predicted molar refractivity (Wildman–Crippen MR) is 57.9 cm³/mol. The molecule has 0 spiro atoms. The molecular weight excluding hydrogens is 194 g/mol. The third-order valence-corrected chi connectivity index (χ3v) is 1.90. The molecule has 5 nitrogen and oxygen atoms in total. The number of esters is 1. The number of aromatic nitrogens is 2. The summed E-state index contributed by atoms with van der Waals surface area (Å²) in [7, 11) is 1.76. The lowest BCUT2D eigenvalue weighted by Gasteiger charge is -1.96. The van der Waals surface area contributed by atoms with Crippen LogP contribution >= 0.6 is 0 Å². The van der Waals surface area contributed by atoms with E-state index in [1.165, 1.54) is 0 Å². The van der Waals surface area contributed by atoms with Gasteiger partial charge in [-0.15, -0.1) is 0 Å². The Bertz CT molecular complexity index is 369. The Morgan fingerprint density at radius 2 is 2.47 bits per heavy atom. The van der Waals surface area contributed by atoms with Gasteiger partial charge in [-0.1, -0.05) is 12.2 Å². The smallest absolute Gasteiger partial charge is 0.309 e. The topological polar surface area (TPSA) is 70.1 Å². The molecule has 82 valence electrons. The molecule has 0 radical (unpaired) electrons. The van der Waals surface area contributed by atoms with Gasteiger partial charge in [0.25, 0.3) is 0 Å². The minimum absolute atomic E-state index is 0.240. The third kappa shape index (κ3) is 3.12. The molecule has 1 aromatic rings. The van der Waals surface area contributed by atoms with Crippen LogP contribution < -0.4 is 5.73 Å². The van der Waals surface area contributed by atoms with Gasteiger partial charge in [0.2, 0.25) is 0 Å². The first-order valence-corrected chi connectivity index (χ1v) is 4.74. The Balaban J connectivity index is 2.51. The molecule has 0 aliphatic carbocycles. The van der Waals surface area contributed by atoms with Gasteiger partial charge in [-0.25, -0.2) is 0 Å². The van der Waals surface area contributed by atoms with Crippen molar-refractivity contribution in [3.8, 4) is 0 Å². The van der Waals surface area contributed by atoms with E-state index in [4.69, 9.17) is 10.5 Å². The average Bonchev–Trinajstić information content (AvgIpc) is 2.50. The second-order valence-corrected chi connectivity index (χ2v) is 3.02. The van der Waals surface area contributed by atoms with Crippen LogP contribution in [0.3, 0.4) is 0 Å². The van der Waals surface area contributed by atoms with Crippen molar-refractivity contribution in [1.82, 2.24) is 9.78 Å². The van der Waals surface area contributed by atoms with E-state index >= 15 is 0 Å². The summed E-state index contributed by atoms with van der Waals surface area (Å²) in [5.74, 6) is 0.339. The minimum atomic E-state index is -0.240. The van der Waals surface area contributed by atoms with Gasteiger partial charge in [-0.2, -0.15) is 5.10 Å². The maximum atomic E-state index is 11.0. The first-order chi connectivity index (χ1) is 7.15. The van der Waals surface area contributed by atoms with Crippen molar-refractivity contribution in [1.29, 1.82) is 0 Å². The molecule has 0 saturated carbocycles. The van der Waals surface area contributed by atoms with Crippen LogP contribution in [0.25, 0.3) is 6.08 Å². The molecule has 0 saturated heterocycles. The van der Waals surface area contributed by atoms with Gasteiger partial charge in [0.15, 0.2) is 0 Å². The molecule has 0 fully saturated rings. The molecular formula is C10H15N3O2. The van der Waals surface area contributed by atoms with Gasteiger partial charge >= 0.3 is 5.97 Å². The fourth-order valence-corrected chi connectivity index (χ4v) is 1.09. The fraction of sp³-hybridized carbons (Fsp3) is 0.400. The molecule has 0 aliphatic rings. The van der Waals surface area contributed by atoms with Crippen molar-refractivity contribution in [2.24, 2.45) is 7.05 Å². The highest BCUT2D eigenvalue weighted by molar-refractivity contribution is 5.73. The number of nitrogens with zero attached hydrogens (tertiary/aromatic N) is 2. The van der Waals surface area contributed by atoms with E-state index in [1.54, 1.807) is 37.0 Å². The highest BCUT2D eigenvalue weighted by Gasteiger charge is 2.01. The first kappa shape index (κ1) is 11.3. The molecule has 0 amide bonds. The highest BCUT2D eigenvalue weighted by atomic mass is 16.5. The Kier molecular flexibility index (Phi) is 3.91. The summed E-state index contributed by atoms with van der Waals surface area (Å²) in [6.45, 7) is 2.18. The first-order valence-electron chi connectivity index (χ1n) is 4.74. The minimum Gasteiger partial charge on any atom is -0.466 e.